The molecule has 3 aliphatic heterocycles. The zero-order valence-electron chi connectivity index (χ0n) is 31.0. The molecule has 1 atom stereocenters. The second-order valence-electron chi connectivity index (χ2n) is 15.0. The zero-order chi connectivity index (χ0) is 37.9. The highest BCUT2D eigenvalue weighted by atomic mass is 32.2. The molecule has 6 rings (SSSR count). The van der Waals surface area contributed by atoms with Gasteiger partial charge in [0.2, 0.25) is 15.9 Å². The van der Waals surface area contributed by atoms with E-state index >= 15 is 0 Å². The van der Waals surface area contributed by atoms with E-state index in [4.69, 9.17) is 4.74 Å². The third-order valence-electron chi connectivity index (χ3n) is 10.5. The molecule has 284 valence electrons. The van der Waals surface area contributed by atoms with E-state index in [-0.39, 0.29) is 58.1 Å². The van der Waals surface area contributed by atoms with Crippen LogP contribution >= 0.6 is 0 Å². The molecule has 53 heavy (non-hydrogen) atoms. The largest absolute Gasteiger partial charge is 0.451 e. The number of aromatic nitrogens is 2. The number of likely N-dealkylation sites (tertiary alicyclic amines) is 1. The average Bonchev–Trinajstić information content (AvgIpc) is 3.12. The van der Waals surface area contributed by atoms with Gasteiger partial charge in [0.05, 0.1) is 16.7 Å². The lowest BCUT2D eigenvalue weighted by Gasteiger charge is -2.54. The van der Waals surface area contributed by atoms with Crippen LogP contribution in [0.5, 0.6) is 11.5 Å². The number of ether oxygens (including phenoxy) is 1. The quantitative estimate of drug-likeness (QED) is 0.248. The Morgan fingerprint density at radius 3 is 2.42 bits per heavy atom. The first-order valence-electron chi connectivity index (χ1n) is 18.4. The first kappa shape index (κ1) is 38.3. The number of hydrogen-bond donors (Lipinski definition) is 1. The van der Waals surface area contributed by atoms with Crippen LogP contribution in [0.2, 0.25) is 0 Å². The highest BCUT2D eigenvalue weighted by Crippen LogP contribution is 2.45. The van der Waals surface area contributed by atoms with Crippen LogP contribution in [0.3, 0.4) is 0 Å². The fraction of sp³-hybridized carbons (Fsp3) is 0.487. The molecule has 0 radical (unpaired) electrons. The van der Waals surface area contributed by atoms with Crippen LogP contribution in [-0.2, 0) is 21.4 Å². The summed E-state index contributed by atoms with van der Waals surface area (Å²) in [7, 11) is -3.68. The lowest BCUT2D eigenvalue weighted by molar-refractivity contribution is -0.117. The summed E-state index contributed by atoms with van der Waals surface area (Å²) < 4.78 is 48.9. The maximum atomic E-state index is 14.4. The van der Waals surface area contributed by atoms with Crippen LogP contribution in [0, 0.1) is 11.2 Å². The lowest BCUT2D eigenvalue weighted by atomic mass is 9.72. The Bertz CT molecular complexity index is 1900. The number of sulfonamides is 1. The van der Waals surface area contributed by atoms with Gasteiger partial charge in [0, 0.05) is 56.3 Å². The van der Waals surface area contributed by atoms with Crippen molar-refractivity contribution in [1.29, 1.82) is 0 Å². The Hall–Kier alpha value is -4.40. The molecule has 3 aliphatic rings. The number of piperidine rings is 2. The summed E-state index contributed by atoms with van der Waals surface area (Å²) in [5.41, 5.74) is 1.34. The molecule has 2 aromatic carbocycles. The summed E-state index contributed by atoms with van der Waals surface area (Å²) in [5, 5.41) is 2.82. The molecule has 0 unspecified atom stereocenters. The van der Waals surface area contributed by atoms with Crippen LogP contribution in [0.1, 0.15) is 69.3 Å². The minimum absolute atomic E-state index is 0.0818. The molecule has 1 spiro atoms. The van der Waals surface area contributed by atoms with E-state index in [1.807, 2.05) is 39.8 Å². The molecule has 0 aliphatic carbocycles. The van der Waals surface area contributed by atoms with E-state index in [2.05, 4.69) is 31.7 Å². The van der Waals surface area contributed by atoms with Crippen LogP contribution in [-0.4, -0.2) is 102 Å². The molecule has 3 fully saturated rings. The van der Waals surface area contributed by atoms with E-state index in [0.29, 0.717) is 24.5 Å². The maximum absolute atomic E-state index is 14.4. The minimum Gasteiger partial charge on any atom is -0.451 e. The topological polar surface area (TPSA) is 128 Å². The predicted octanol–water partition coefficient (Wildman–Crippen LogP) is 5.22. The molecule has 1 N–H and O–H groups in total. The molecular weight excluding hydrogens is 698 g/mol. The van der Waals surface area contributed by atoms with Crippen molar-refractivity contribution in [2.24, 2.45) is 5.41 Å². The van der Waals surface area contributed by atoms with E-state index in [0.717, 1.165) is 57.5 Å². The van der Waals surface area contributed by atoms with Crippen molar-refractivity contribution in [1.82, 2.24) is 29.4 Å². The number of amides is 2. The monoisotopic (exact) mass is 747 g/mol. The van der Waals surface area contributed by atoms with Crippen LogP contribution in [0.25, 0.3) is 0 Å². The molecule has 4 heterocycles. The third-order valence-corrected chi connectivity index (χ3v) is 12.4. The van der Waals surface area contributed by atoms with Gasteiger partial charge in [-0.05, 0) is 108 Å². The van der Waals surface area contributed by atoms with E-state index in [9.17, 15) is 22.4 Å². The standard InChI is InChI=1S/C39H50FN7O5S/c1-6-36(48)43-31-8-7-17-46(23-31)53(50,51)32-12-9-29(10-13-32)22-44-18-15-39(16-19-44)24-45(25-39)37-35(21-41-26-42-37)52-34-14-11-30(40)20-33(34)38(49)47(27(2)3)28(4)5/h6,9-14,20-21,26-28,31H,1,7-8,15-19,22-25H2,2-5H3,(H,43,48)/t31-/m0/s1. The van der Waals surface area contributed by atoms with Crippen molar-refractivity contribution in [2.45, 2.75) is 82.9 Å². The fourth-order valence-corrected chi connectivity index (χ4v) is 9.35. The number of nitrogens with zero attached hydrogens (tertiary/aromatic N) is 6. The number of nitrogens with one attached hydrogen (secondary N) is 1. The van der Waals surface area contributed by atoms with Crippen LogP contribution < -0.4 is 15.0 Å². The fourth-order valence-electron chi connectivity index (χ4n) is 7.83. The summed E-state index contributed by atoms with van der Waals surface area (Å²) in [6.07, 6.45) is 7.69. The van der Waals surface area contributed by atoms with Gasteiger partial charge < -0.3 is 19.9 Å². The second-order valence-corrected chi connectivity index (χ2v) is 17.0. The Balaban J connectivity index is 1.04. The summed E-state index contributed by atoms with van der Waals surface area (Å²) in [6, 6.07) is 10.7. The maximum Gasteiger partial charge on any atom is 0.258 e. The summed E-state index contributed by atoms with van der Waals surface area (Å²) >= 11 is 0. The van der Waals surface area contributed by atoms with Crippen LogP contribution in [0.15, 0.2) is 72.5 Å². The van der Waals surface area contributed by atoms with Gasteiger partial charge in [-0.1, -0.05) is 18.7 Å². The number of anilines is 1. The number of rotatable bonds is 12. The number of carbonyl (C=O) groups is 2. The van der Waals surface area contributed by atoms with Gasteiger partial charge in [0.1, 0.15) is 17.9 Å². The molecule has 3 saturated heterocycles. The third kappa shape index (κ3) is 8.55. The highest BCUT2D eigenvalue weighted by molar-refractivity contribution is 7.89. The molecule has 12 nitrogen and oxygen atoms in total. The molecule has 1 aromatic heterocycles. The Morgan fingerprint density at radius 2 is 1.75 bits per heavy atom. The van der Waals surface area contributed by atoms with Gasteiger partial charge in [0.15, 0.2) is 11.6 Å². The molecular formula is C39H50FN7O5S. The van der Waals surface area contributed by atoms with Gasteiger partial charge >= 0.3 is 0 Å². The highest BCUT2D eigenvalue weighted by Gasteiger charge is 2.46. The van der Waals surface area contributed by atoms with Gasteiger partial charge in [-0.3, -0.25) is 14.5 Å². The lowest BCUT2D eigenvalue weighted by Crippen LogP contribution is -2.60. The van der Waals surface area contributed by atoms with Crippen molar-refractivity contribution in [3.05, 3.63) is 84.6 Å². The normalized spacial score (nSPS) is 19.2. The number of benzene rings is 2. The van der Waals surface area contributed by atoms with Gasteiger partial charge in [-0.25, -0.2) is 22.8 Å². The molecule has 2 amide bonds. The number of halogens is 1. The SMILES string of the molecule is C=CC(=O)N[C@H]1CCCN(S(=O)(=O)c2ccc(CN3CCC4(CC3)CN(c3ncncc3Oc3ccc(F)cc3C(=O)N(C(C)C)C(C)C)C4)cc2)C1. The summed E-state index contributed by atoms with van der Waals surface area (Å²) in [4.78, 5) is 40.6. The smallest absolute Gasteiger partial charge is 0.258 e. The van der Waals surface area contributed by atoms with Crippen LogP contribution in [0.4, 0.5) is 10.2 Å². The van der Waals surface area contributed by atoms with Crippen molar-refractivity contribution < 1.29 is 27.1 Å². The van der Waals surface area contributed by atoms with Crippen molar-refractivity contribution in [2.75, 3.05) is 44.2 Å². The van der Waals surface area contributed by atoms with Crippen molar-refractivity contribution >= 4 is 27.7 Å². The van der Waals surface area contributed by atoms with E-state index in [1.165, 1.54) is 34.9 Å². The van der Waals surface area contributed by atoms with E-state index in [1.54, 1.807) is 23.2 Å². The predicted molar refractivity (Wildman–Crippen MR) is 201 cm³/mol. The molecule has 0 bridgehead atoms. The van der Waals surface area contributed by atoms with Crippen molar-refractivity contribution in [3.63, 3.8) is 0 Å². The summed E-state index contributed by atoms with van der Waals surface area (Å²) in [6.45, 7) is 16.0. The molecule has 14 heteroatoms. The van der Waals surface area contributed by atoms with Gasteiger partial charge in [-0.2, -0.15) is 4.31 Å². The van der Waals surface area contributed by atoms with Gasteiger partial charge in [0.25, 0.3) is 5.91 Å². The first-order valence-corrected chi connectivity index (χ1v) is 19.8. The molecule has 3 aromatic rings. The second kappa shape index (κ2) is 15.9. The first-order chi connectivity index (χ1) is 25.3. The zero-order valence-corrected chi connectivity index (χ0v) is 31.8. The van der Waals surface area contributed by atoms with E-state index < -0.39 is 15.8 Å². The van der Waals surface area contributed by atoms with Crippen molar-refractivity contribution in [3.8, 4) is 11.5 Å². The van der Waals surface area contributed by atoms with Gasteiger partial charge in [-0.15, -0.1) is 0 Å². The Labute approximate surface area is 312 Å². The average molecular weight is 748 g/mol. The Kier molecular flexibility index (Phi) is 11.5. The number of carbonyl (C=O) groups excluding carboxylic acids is 2. The molecule has 0 saturated carbocycles. The minimum atomic E-state index is -3.68. The number of hydrogen-bond acceptors (Lipinski definition) is 9. The summed E-state index contributed by atoms with van der Waals surface area (Å²) in [5.74, 6) is 0.180. The Morgan fingerprint density at radius 1 is 1.06 bits per heavy atom.